The highest BCUT2D eigenvalue weighted by Gasteiger charge is 2.11. The highest BCUT2D eigenvalue weighted by Crippen LogP contribution is 2.26. The Labute approximate surface area is 100 Å². The average Bonchev–Trinajstić information content (AvgIpc) is 2.25. The molecule has 0 aliphatic rings. The number of ether oxygens (including phenoxy) is 1. The third-order valence-electron chi connectivity index (χ3n) is 1.92. The van der Waals surface area contributed by atoms with Crippen LogP contribution in [0.5, 0.6) is 5.75 Å². The summed E-state index contributed by atoms with van der Waals surface area (Å²) in [5.41, 5.74) is 0.657. The number of benzene rings is 1. The molecule has 0 aliphatic heterocycles. The molecule has 1 aromatic carbocycles. The summed E-state index contributed by atoms with van der Waals surface area (Å²) in [7, 11) is 0. The van der Waals surface area contributed by atoms with Gasteiger partial charge in [0.2, 0.25) is 0 Å². The third kappa shape index (κ3) is 4.14. The van der Waals surface area contributed by atoms with E-state index in [1.54, 1.807) is 12.1 Å². The van der Waals surface area contributed by atoms with Crippen LogP contribution in [0.15, 0.2) is 30.9 Å². The maximum Gasteiger partial charge on any atom is 0.275 e. The van der Waals surface area contributed by atoms with Crippen molar-refractivity contribution in [1.82, 2.24) is 0 Å². The SMILES string of the molecule is C=CCNc1cc(OC(C)C)cc([N+](=O)[O-])c1. The van der Waals surface area contributed by atoms with E-state index in [1.807, 2.05) is 13.8 Å². The van der Waals surface area contributed by atoms with Crippen molar-refractivity contribution in [3.05, 3.63) is 41.0 Å². The summed E-state index contributed by atoms with van der Waals surface area (Å²) in [5.74, 6) is 0.487. The number of hydrogen-bond donors (Lipinski definition) is 1. The van der Waals surface area contributed by atoms with Crippen LogP contribution in [0.3, 0.4) is 0 Å². The maximum atomic E-state index is 10.8. The number of nitrogens with one attached hydrogen (secondary N) is 1. The van der Waals surface area contributed by atoms with Crippen LogP contribution in [0.1, 0.15) is 13.8 Å². The molecule has 0 spiro atoms. The lowest BCUT2D eigenvalue weighted by Crippen LogP contribution is -2.07. The van der Waals surface area contributed by atoms with E-state index < -0.39 is 4.92 Å². The molecule has 5 heteroatoms. The zero-order chi connectivity index (χ0) is 12.8. The van der Waals surface area contributed by atoms with Crippen LogP contribution in [0, 0.1) is 10.1 Å². The van der Waals surface area contributed by atoms with E-state index in [2.05, 4.69) is 11.9 Å². The van der Waals surface area contributed by atoms with Crippen LogP contribution >= 0.6 is 0 Å². The monoisotopic (exact) mass is 236 g/mol. The summed E-state index contributed by atoms with van der Waals surface area (Å²) in [4.78, 5) is 10.3. The van der Waals surface area contributed by atoms with Crippen LogP contribution in [-0.2, 0) is 0 Å². The topological polar surface area (TPSA) is 64.4 Å². The Balaban J connectivity index is 3.00. The van der Waals surface area contributed by atoms with Crippen molar-refractivity contribution in [2.45, 2.75) is 20.0 Å². The standard InChI is InChI=1S/C12H16N2O3/c1-4-5-13-10-6-11(14(15)16)8-12(7-10)17-9(2)3/h4,6-9,13H,1,5H2,2-3H3. The summed E-state index contributed by atoms with van der Waals surface area (Å²) in [5, 5.41) is 13.8. The summed E-state index contributed by atoms with van der Waals surface area (Å²) in [6.45, 7) is 7.86. The molecule has 0 amide bonds. The molecule has 0 fully saturated rings. The number of anilines is 1. The lowest BCUT2D eigenvalue weighted by atomic mass is 10.2. The van der Waals surface area contributed by atoms with Gasteiger partial charge in [0.1, 0.15) is 5.75 Å². The van der Waals surface area contributed by atoms with Crippen molar-refractivity contribution in [2.75, 3.05) is 11.9 Å². The highest BCUT2D eigenvalue weighted by atomic mass is 16.6. The molecule has 0 radical (unpaired) electrons. The molecule has 0 bridgehead atoms. The average molecular weight is 236 g/mol. The van der Waals surface area contributed by atoms with Gasteiger partial charge in [-0.3, -0.25) is 10.1 Å². The molecule has 1 aromatic rings. The van der Waals surface area contributed by atoms with E-state index in [-0.39, 0.29) is 11.8 Å². The molecule has 92 valence electrons. The lowest BCUT2D eigenvalue weighted by molar-refractivity contribution is -0.384. The normalized spacial score (nSPS) is 10.1. The molecule has 17 heavy (non-hydrogen) atoms. The Morgan fingerprint density at radius 3 is 2.76 bits per heavy atom. The van der Waals surface area contributed by atoms with Gasteiger partial charge in [0.15, 0.2) is 0 Å². The van der Waals surface area contributed by atoms with Gasteiger partial charge in [-0.15, -0.1) is 6.58 Å². The smallest absolute Gasteiger partial charge is 0.275 e. The molecule has 1 N–H and O–H groups in total. The fraction of sp³-hybridized carbons (Fsp3) is 0.333. The number of rotatable bonds is 6. The number of nitro groups is 1. The van der Waals surface area contributed by atoms with Gasteiger partial charge in [-0.05, 0) is 13.8 Å². The first-order valence-corrected chi connectivity index (χ1v) is 5.34. The van der Waals surface area contributed by atoms with Crippen molar-refractivity contribution in [3.8, 4) is 5.75 Å². The predicted molar refractivity (Wildman–Crippen MR) is 67.5 cm³/mol. The summed E-state index contributed by atoms with van der Waals surface area (Å²) < 4.78 is 5.46. The molecule has 1 rings (SSSR count). The van der Waals surface area contributed by atoms with Gasteiger partial charge in [-0.2, -0.15) is 0 Å². The Hall–Kier alpha value is -2.04. The van der Waals surface area contributed by atoms with Gasteiger partial charge in [-0.25, -0.2) is 0 Å². The van der Waals surface area contributed by atoms with Crippen LogP contribution in [-0.4, -0.2) is 17.6 Å². The van der Waals surface area contributed by atoms with Crippen LogP contribution in [0.2, 0.25) is 0 Å². The first kappa shape index (κ1) is 13.0. The zero-order valence-corrected chi connectivity index (χ0v) is 9.97. The van der Waals surface area contributed by atoms with E-state index in [1.165, 1.54) is 12.1 Å². The molecule has 0 atom stereocenters. The maximum absolute atomic E-state index is 10.8. The largest absolute Gasteiger partial charge is 0.491 e. The molecular weight excluding hydrogens is 220 g/mol. The van der Waals surface area contributed by atoms with Gasteiger partial charge < -0.3 is 10.1 Å². The molecular formula is C12H16N2O3. The minimum Gasteiger partial charge on any atom is -0.491 e. The minimum atomic E-state index is -0.438. The molecule has 0 saturated heterocycles. The molecule has 0 aliphatic carbocycles. The van der Waals surface area contributed by atoms with Crippen LogP contribution in [0.25, 0.3) is 0 Å². The molecule has 0 aromatic heterocycles. The second kappa shape index (κ2) is 5.89. The Morgan fingerprint density at radius 2 is 2.24 bits per heavy atom. The second-order valence-electron chi connectivity index (χ2n) is 3.81. The molecule has 0 heterocycles. The first-order valence-electron chi connectivity index (χ1n) is 5.34. The number of nitro benzene ring substituents is 1. The van der Waals surface area contributed by atoms with Crippen molar-refractivity contribution in [1.29, 1.82) is 0 Å². The fourth-order valence-corrected chi connectivity index (χ4v) is 1.32. The van der Waals surface area contributed by atoms with E-state index in [4.69, 9.17) is 4.74 Å². The van der Waals surface area contributed by atoms with Gasteiger partial charge in [0, 0.05) is 24.4 Å². The summed E-state index contributed by atoms with van der Waals surface area (Å²) in [6.07, 6.45) is 1.66. The van der Waals surface area contributed by atoms with E-state index in [9.17, 15) is 10.1 Å². The second-order valence-corrected chi connectivity index (χ2v) is 3.81. The van der Waals surface area contributed by atoms with Crippen molar-refractivity contribution < 1.29 is 9.66 Å². The van der Waals surface area contributed by atoms with Crippen molar-refractivity contribution in [3.63, 3.8) is 0 Å². The minimum absolute atomic E-state index is 0.00899. The third-order valence-corrected chi connectivity index (χ3v) is 1.92. The molecule has 5 nitrogen and oxygen atoms in total. The fourth-order valence-electron chi connectivity index (χ4n) is 1.32. The Morgan fingerprint density at radius 1 is 1.53 bits per heavy atom. The van der Waals surface area contributed by atoms with Gasteiger partial charge in [-0.1, -0.05) is 6.08 Å². The molecule has 0 saturated carbocycles. The summed E-state index contributed by atoms with van der Waals surface area (Å²) >= 11 is 0. The Bertz CT molecular complexity index is 416. The number of nitrogens with zero attached hydrogens (tertiary/aromatic N) is 1. The van der Waals surface area contributed by atoms with E-state index >= 15 is 0 Å². The van der Waals surface area contributed by atoms with Crippen molar-refractivity contribution >= 4 is 11.4 Å². The number of hydrogen-bond acceptors (Lipinski definition) is 4. The Kier molecular flexibility index (Phi) is 4.51. The zero-order valence-electron chi connectivity index (χ0n) is 9.97. The van der Waals surface area contributed by atoms with Gasteiger partial charge in [0.05, 0.1) is 17.1 Å². The van der Waals surface area contributed by atoms with E-state index in [0.717, 1.165) is 0 Å². The predicted octanol–water partition coefficient (Wildman–Crippen LogP) is 2.98. The van der Waals surface area contributed by atoms with Crippen LogP contribution in [0.4, 0.5) is 11.4 Å². The lowest BCUT2D eigenvalue weighted by Gasteiger charge is -2.11. The first-order chi connectivity index (χ1) is 8.02. The molecule has 0 unspecified atom stereocenters. The summed E-state index contributed by atoms with van der Waals surface area (Å²) in [6, 6.07) is 4.62. The van der Waals surface area contributed by atoms with E-state index in [0.29, 0.717) is 18.0 Å². The highest BCUT2D eigenvalue weighted by molar-refractivity contribution is 5.56. The number of non-ortho nitro benzene ring substituents is 1. The van der Waals surface area contributed by atoms with Crippen molar-refractivity contribution in [2.24, 2.45) is 0 Å². The van der Waals surface area contributed by atoms with Crippen LogP contribution < -0.4 is 10.1 Å². The van der Waals surface area contributed by atoms with Gasteiger partial charge >= 0.3 is 0 Å². The van der Waals surface area contributed by atoms with Gasteiger partial charge in [0.25, 0.3) is 5.69 Å². The quantitative estimate of drug-likeness (QED) is 0.468.